The maximum absolute atomic E-state index is 13.4. The van der Waals surface area contributed by atoms with Crippen LogP contribution in [0.15, 0.2) is 33.9 Å². The van der Waals surface area contributed by atoms with Crippen molar-refractivity contribution >= 4 is 22.8 Å². The van der Waals surface area contributed by atoms with Gasteiger partial charge in [0.15, 0.2) is 11.2 Å². The molecule has 0 aliphatic rings. The first-order chi connectivity index (χ1) is 14.4. The number of anilines is 1. The number of methoxy groups -OCH3 is 1. The summed E-state index contributed by atoms with van der Waals surface area (Å²) < 4.78 is 22.4. The highest BCUT2D eigenvalue weighted by Gasteiger charge is 2.21. The van der Waals surface area contributed by atoms with Gasteiger partial charge in [0.25, 0.3) is 5.56 Å². The number of amides is 1. The van der Waals surface area contributed by atoms with Crippen LogP contribution in [-0.2, 0) is 29.2 Å². The molecule has 0 spiro atoms. The Morgan fingerprint density at radius 2 is 1.97 bits per heavy atom. The van der Waals surface area contributed by atoms with Crippen LogP contribution in [0.3, 0.4) is 0 Å². The largest absolute Gasteiger partial charge is 0.383 e. The van der Waals surface area contributed by atoms with Gasteiger partial charge >= 0.3 is 5.69 Å². The van der Waals surface area contributed by atoms with Gasteiger partial charge in [-0.25, -0.2) is 18.7 Å². The van der Waals surface area contributed by atoms with Crippen LogP contribution in [-0.4, -0.2) is 38.3 Å². The molecule has 0 aliphatic carbocycles. The number of carbonyl (C=O) groups is 1. The lowest BCUT2D eigenvalue weighted by Crippen LogP contribution is -2.43. The average molecular weight is 417 g/mol. The third-order valence-corrected chi connectivity index (χ3v) is 4.68. The summed E-state index contributed by atoms with van der Waals surface area (Å²) >= 11 is 0. The quantitative estimate of drug-likeness (QED) is 0.599. The smallest absolute Gasteiger partial charge is 0.333 e. The number of rotatable bonds is 8. The number of nitrogens with one attached hydrogen (secondary N) is 1. The Labute approximate surface area is 171 Å². The molecule has 160 valence electrons. The number of benzene rings is 1. The van der Waals surface area contributed by atoms with Crippen molar-refractivity contribution in [1.82, 2.24) is 18.7 Å². The van der Waals surface area contributed by atoms with Gasteiger partial charge in [0, 0.05) is 25.9 Å². The Balaban J connectivity index is 2.08. The molecule has 1 N–H and O–H groups in total. The number of fused-ring (bicyclic) bond motifs is 1. The number of nitrogens with zero attached hydrogens (tertiary/aromatic N) is 4. The van der Waals surface area contributed by atoms with Gasteiger partial charge in [-0.1, -0.05) is 13.0 Å². The van der Waals surface area contributed by atoms with Crippen LogP contribution in [0.4, 0.5) is 10.1 Å². The molecule has 0 radical (unpaired) electrons. The van der Waals surface area contributed by atoms with Crippen molar-refractivity contribution in [2.45, 2.75) is 39.9 Å². The molecule has 0 saturated carbocycles. The maximum atomic E-state index is 13.4. The normalized spacial score (nSPS) is 11.2. The van der Waals surface area contributed by atoms with Gasteiger partial charge in [-0.15, -0.1) is 0 Å². The molecule has 0 aliphatic heterocycles. The molecule has 0 saturated heterocycles. The first kappa shape index (κ1) is 21.4. The van der Waals surface area contributed by atoms with Crippen LogP contribution in [0.25, 0.3) is 11.2 Å². The zero-order valence-corrected chi connectivity index (χ0v) is 17.1. The second-order valence-electron chi connectivity index (χ2n) is 6.86. The molecule has 3 aromatic rings. The molecule has 0 unspecified atom stereocenters. The van der Waals surface area contributed by atoms with E-state index < -0.39 is 29.5 Å². The third-order valence-electron chi connectivity index (χ3n) is 4.68. The zero-order valence-electron chi connectivity index (χ0n) is 17.1. The third kappa shape index (κ3) is 4.18. The highest BCUT2D eigenvalue weighted by Crippen LogP contribution is 2.12. The lowest BCUT2D eigenvalue weighted by atomic mass is 10.3. The predicted octanol–water partition coefficient (Wildman–Crippen LogP) is 1.50. The monoisotopic (exact) mass is 417 g/mol. The summed E-state index contributed by atoms with van der Waals surface area (Å²) in [5.41, 5.74) is -0.434. The molecule has 1 amide bonds. The molecule has 0 fully saturated rings. The summed E-state index contributed by atoms with van der Waals surface area (Å²) in [5.74, 6) is -0.540. The Morgan fingerprint density at radius 1 is 1.20 bits per heavy atom. The van der Waals surface area contributed by atoms with Gasteiger partial charge in [-0.3, -0.25) is 14.2 Å². The van der Waals surface area contributed by atoms with E-state index >= 15 is 0 Å². The molecule has 0 bridgehead atoms. The van der Waals surface area contributed by atoms with Crippen LogP contribution >= 0.6 is 0 Å². The summed E-state index contributed by atoms with van der Waals surface area (Å²) in [6, 6.07) is 5.38. The number of ether oxygens (including phenoxy) is 1. The topological polar surface area (TPSA) is 100 Å². The highest BCUT2D eigenvalue weighted by molar-refractivity contribution is 5.90. The van der Waals surface area contributed by atoms with Gasteiger partial charge in [0.05, 0.1) is 6.61 Å². The highest BCUT2D eigenvalue weighted by atomic mass is 19.1. The number of imidazole rings is 1. The van der Waals surface area contributed by atoms with Gasteiger partial charge < -0.3 is 14.6 Å². The Bertz CT molecular complexity index is 1190. The average Bonchev–Trinajstić information content (AvgIpc) is 3.03. The first-order valence-corrected chi connectivity index (χ1v) is 9.62. The Hall–Kier alpha value is -3.27. The lowest BCUT2D eigenvalue weighted by molar-refractivity contribution is -0.116. The second kappa shape index (κ2) is 9.04. The first-order valence-electron chi connectivity index (χ1n) is 9.62. The Morgan fingerprint density at radius 3 is 2.63 bits per heavy atom. The summed E-state index contributed by atoms with van der Waals surface area (Å²) in [6.07, 6.45) is 0.646. The van der Waals surface area contributed by atoms with Crippen molar-refractivity contribution in [3.8, 4) is 0 Å². The van der Waals surface area contributed by atoms with E-state index in [1.165, 1.54) is 22.8 Å². The molecule has 3 rings (SSSR count). The van der Waals surface area contributed by atoms with Gasteiger partial charge in [-0.05, 0) is 31.5 Å². The molecule has 2 heterocycles. The number of hydrogen-bond acceptors (Lipinski definition) is 5. The molecule has 1 aromatic carbocycles. The summed E-state index contributed by atoms with van der Waals surface area (Å²) in [7, 11) is 1.55. The molecule has 10 heteroatoms. The molecular formula is C20H24FN5O4. The fourth-order valence-electron chi connectivity index (χ4n) is 3.33. The van der Waals surface area contributed by atoms with Crippen molar-refractivity contribution in [2.75, 3.05) is 19.0 Å². The standard InChI is InChI=1S/C20H24FN5O4/c1-4-8-25-18-17(24(9-10-30-3)13(2)22-18)19(28)26(20(25)29)12-16(27)23-15-7-5-6-14(21)11-15/h5-7,11H,4,8-10,12H2,1-3H3,(H,23,27). The zero-order chi connectivity index (χ0) is 21.8. The van der Waals surface area contributed by atoms with Crippen molar-refractivity contribution in [3.05, 3.63) is 56.7 Å². The number of carbonyl (C=O) groups excluding carboxylic acids is 1. The molecular weight excluding hydrogens is 393 g/mol. The van der Waals surface area contributed by atoms with E-state index in [1.54, 1.807) is 18.6 Å². The van der Waals surface area contributed by atoms with Gasteiger partial charge in [0.1, 0.15) is 18.2 Å². The molecule has 30 heavy (non-hydrogen) atoms. The molecule has 0 atom stereocenters. The predicted molar refractivity (Wildman–Crippen MR) is 110 cm³/mol. The van der Waals surface area contributed by atoms with E-state index in [2.05, 4.69) is 10.3 Å². The number of halogens is 1. The van der Waals surface area contributed by atoms with Crippen molar-refractivity contribution in [2.24, 2.45) is 0 Å². The van der Waals surface area contributed by atoms with Crippen molar-refractivity contribution < 1.29 is 13.9 Å². The second-order valence-corrected chi connectivity index (χ2v) is 6.86. The van der Waals surface area contributed by atoms with Crippen molar-refractivity contribution in [1.29, 1.82) is 0 Å². The fourth-order valence-corrected chi connectivity index (χ4v) is 3.33. The van der Waals surface area contributed by atoms with E-state index in [0.717, 1.165) is 10.6 Å². The van der Waals surface area contributed by atoms with E-state index in [9.17, 15) is 18.8 Å². The number of aryl methyl sites for hydroxylation is 2. The fraction of sp³-hybridized carbons (Fsp3) is 0.400. The summed E-state index contributed by atoms with van der Waals surface area (Å²) in [5, 5.41) is 2.51. The van der Waals surface area contributed by atoms with Gasteiger partial charge in [0.2, 0.25) is 5.91 Å². The summed E-state index contributed by atoms with van der Waals surface area (Å²) in [6.45, 7) is 4.24. The number of hydrogen-bond donors (Lipinski definition) is 1. The minimum absolute atomic E-state index is 0.240. The van der Waals surface area contributed by atoms with Crippen molar-refractivity contribution in [3.63, 3.8) is 0 Å². The van der Waals surface area contributed by atoms with Gasteiger partial charge in [-0.2, -0.15) is 0 Å². The van der Waals surface area contributed by atoms with E-state index in [1.807, 2.05) is 6.92 Å². The van der Waals surface area contributed by atoms with Crippen LogP contribution in [0.5, 0.6) is 0 Å². The van der Waals surface area contributed by atoms with Crippen LogP contribution in [0.1, 0.15) is 19.2 Å². The van der Waals surface area contributed by atoms with Crippen LogP contribution < -0.4 is 16.6 Å². The van der Waals surface area contributed by atoms with E-state index in [4.69, 9.17) is 4.74 Å². The van der Waals surface area contributed by atoms with Crippen LogP contribution in [0.2, 0.25) is 0 Å². The minimum atomic E-state index is -0.611. The number of aromatic nitrogens is 4. The maximum Gasteiger partial charge on any atom is 0.333 e. The molecule has 9 nitrogen and oxygen atoms in total. The Kier molecular flexibility index (Phi) is 6.46. The molecule has 2 aromatic heterocycles. The van der Waals surface area contributed by atoms with Crippen LogP contribution in [0, 0.1) is 12.7 Å². The lowest BCUT2D eigenvalue weighted by Gasteiger charge is -2.12. The summed E-state index contributed by atoms with van der Waals surface area (Å²) in [4.78, 5) is 43.0. The van der Waals surface area contributed by atoms with E-state index in [-0.39, 0.29) is 11.2 Å². The minimum Gasteiger partial charge on any atom is -0.383 e. The SMILES string of the molecule is CCCn1c(=O)n(CC(=O)Nc2cccc(F)c2)c(=O)c2c1nc(C)n2CCOC. The van der Waals surface area contributed by atoms with E-state index in [0.29, 0.717) is 37.6 Å².